The fourth-order valence-electron chi connectivity index (χ4n) is 3.86. The summed E-state index contributed by atoms with van der Waals surface area (Å²) in [6.07, 6.45) is 4.04. The molecule has 5 heteroatoms. The van der Waals surface area contributed by atoms with Crippen molar-refractivity contribution in [2.75, 3.05) is 26.7 Å². The number of rotatable bonds is 6. The van der Waals surface area contributed by atoms with E-state index in [2.05, 4.69) is 10.2 Å². The number of hydrogen-bond acceptors (Lipinski definition) is 4. The molecule has 1 amide bonds. The van der Waals surface area contributed by atoms with Gasteiger partial charge >= 0.3 is 0 Å². The first kappa shape index (κ1) is 18.0. The zero-order chi connectivity index (χ0) is 18.8. The maximum atomic E-state index is 13.0. The number of nitrogens with zero attached hydrogens (tertiary/aromatic N) is 1. The Hall–Kier alpha value is -2.40. The molecule has 0 unspecified atom stereocenters. The van der Waals surface area contributed by atoms with Gasteiger partial charge in [-0.3, -0.25) is 14.5 Å². The van der Waals surface area contributed by atoms with Gasteiger partial charge in [0.1, 0.15) is 5.75 Å². The van der Waals surface area contributed by atoms with E-state index in [1.165, 1.54) is 0 Å². The lowest BCUT2D eigenvalue weighted by molar-refractivity contribution is -0.122. The summed E-state index contributed by atoms with van der Waals surface area (Å²) in [5.41, 5.74) is 0.752. The van der Waals surface area contributed by atoms with Gasteiger partial charge in [0.2, 0.25) is 5.91 Å². The standard InChI is InChI=1S/C22H26N2O3/c1-27-20-9-6-15-11-17(5-4-16(15)12-20)22(26)18-3-2-10-24(13-18)14-21(25)23-19-7-8-19/h4-6,9,11-12,18-19H,2-3,7-8,10,13-14H2,1H3,(H,23,25)/t18-/m1/s1. The second kappa shape index (κ2) is 7.69. The summed E-state index contributed by atoms with van der Waals surface area (Å²) in [6.45, 7) is 1.95. The minimum absolute atomic E-state index is 0.0387. The Bertz CT molecular complexity index is 860. The van der Waals surface area contributed by atoms with E-state index < -0.39 is 0 Å². The summed E-state index contributed by atoms with van der Waals surface area (Å²) in [5, 5.41) is 5.13. The number of benzene rings is 2. The average molecular weight is 366 g/mol. The van der Waals surface area contributed by atoms with Crippen molar-refractivity contribution >= 4 is 22.5 Å². The first-order chi connectivity index (χ1) is 13.1. The largest absolute Gasteiger partial charge is 0.497 e. The lowest BCUT2D eigenvalue weighted by Crippen LogP contribution is -2.44. The van der Waals surface area contributed by atoms with Gasteiger partial charge in [-0.1, -0.05) is 18.2 Å². The normalized spacial score (nSPS) is 20.4. The molecule has 2 aromatic carbocycles. The number of likely N-dealkylation sites (tertiary alicyclic amines) is 1. The van der Waals surface area contributed by atoms with Crippen molar-refractivity contribution in [2.24, 2.45) is 5.92 Å². The number of fused-ring (bicyclic) bond motifs is 1. The molecule has 1 aliphatic carbocycles. The Morgan fingerprint density at radius 3 is 2.67 bits per heavy atom. The molecule has 2 fully saturated rings. The lowest BCUT2D eigenvalue weighted by atomic mass is 9.89. The molecule has 1 N–H and O–H groups in total. The Labute approximate surface area is 159 Å². The maximum Gasteiger partial charge on any atom is 0.234 e. The molecule has 1 atom stereocenters. The summed E-state index contributed by atoms with van der Waals surface area (Å²) >= 11 is 0. The van der Waals surface area contributed by atoms with Crippen molar-refractivity contribution in [1.29, 1.82) is 0 Å². The van der Waals surface area contributed by atoms with Crippen LogP contribution in [0, 0.1) is 5.92 Å². The number of ketones is 1. The van der Waals surface area contributed by atoms with Crippen molar-refractivity contribution < 1.29 is 14.3 Å². The van der Waals surface area contributed by atoms with E-state index in [0.717, 1.165) is 54.3 Å². The SMILES string of the molecule is COc1ccc2cc(C(=O)[C@@H]3CCCN(CC(=O)NC4CC4)C3)ccc2c1. The molecule has 2 aliphatic rings. The van der Waals surface area contributed by atoms with Crippen LogP contribution in [0.3, 0.4) is 0 Å². The van der Waals surface area contributed by atoms with Crippen LogP contribution in [-0.2, 0) is 4.79 Å². The van der Waals surface area contributed by atoms with E-state index in [1.807, 2.05) is 36.4 Å². The maximum absolute atomic E-state index is 13.0. The van der Waals surface area contributed by atoms with Crippen LogP contribution in [0.2, 0.25) is 0 Å². The molecule has 142 valence electrons. The fraction of sp³-hybridized carbons (Fsp3) is 0.455. The topological polar surface area (TPSA) is 58.6 Å². The molecule has 1 aliphatic heterocycles. The number of hydrogen-bond donors (Lipinski definition) is 1. The average Bonchev–Trinajstić information content (AvgIpc) is 3.50. The van der Waals surface area contributed by atoms with E-state index in [0.29, 0.717) is 19.1 Å². The lowest BCUT2D eigenvalue weighted by Gasteiger charge is -2.31. The van der Waals surface area contributed by atoms with E-state index in [1.54, 1.807) is 7.11 Å². The number of carbonyl (C=O) groups excluding carboxylic acids is 2. The van der Waals surface area contributed by atoms with Crippen molar-refractivity contribution in [1.82, 2.24) is 10.2 Å². The summed E-state index contributed by atoms with van der Waals surface area (Å²) < 4.78 is 5.26. The molecule has 0 spiro atoms. The second-order valence-corrected chi connectivity index (χ2v) is 7.71. The Morgan fingerprint density at radius 1 is 1.11 bits per heavy atom. The van der Waals surface area contributed by atoms with Crippen LogP contribution in [0.5, 0.6) is 5.75 Å². The van der Waals surface area contributed by atoms with Crippen LogP contribution >= 0.6 is 0 Å². The van der Waals surface area contributed by atoms with E-state index in [9.17, 15) is 9.59 Å². The summed E-state index contributed by atoms with van der Waals surface area (Å²) in [5.74, 6) is 1.04. The number of piperidine rings is 1. The van der Waals surface area contributed by atoms with Gasteiger partial charge in [-0.15, -0.1) is 0 Å². The highest BCUT2D eigenvalue weighted by molar-refractivity contribution is 6.01. The van der Waals surface area contributed by atoms with E-state index in [4.69, 9.17) is 4.74 Å². The minimum Gasteiger partial charge on any atom is -0.497 e. The Balaban J connectivity index is 1.43. The van der Waals surface area contributed by atoms with Crippen LogP contribution in [-0.4, -0.2) is 49.4 Å². The second-order valence-electron chi connectivity index (χ2n) is 7.71. The number of nitrogens with one attached hydrogen (secondary N) is 1. The van der Waals surface area contributed by atoms with Crippen LogP contribution in [0.15, 0.2) is 36.4 Å². The van der Waals surface area contributed by atoms with Crippen molar-refractivity contribution in [2.45, 2.75) is 31.7 Å². The van der Waals surface area contributed by atoms with Gasteiger partial charge in [0, 0.05) is 24.1 Å². The summed E-state index contributed by atoms with van der Waals surface area (Å²) in [6, 6.07) is 12.1. The third kappa shape index (κ3) is 4.30. The van der Waals surface area contributed by atoms with Gasteiger partial charge in [-0.05, 0) is 61.2 Å². The molecule has 0 bridgehead atoms. The number of ether oxygens (including phenoxy) is 1. The predicted molar refractivity (Wildman–Crippen MR) is 105 cm³/mol. The summed E-state index contributed by atoms with van der Waals surface area (Å²) in [4.78, 5) is 27.2. The molecular formula is C22H26N2O3. The Kier molecular flexibility index (Phi) is 5.12. The zero-order valence-electron chi connectivity index (χ0n) is 15.7. The third-order valence-electron chi connectivity index (χ3n) is 5.52. The fourth-order valence-corrected chi connectivity index (χ4v) is 3.86. The molecule has 4 rings (SSSR count). The van der Waals surface area contributed by atoms with Crippen LogP contribution in [0.4, 0.5) is 0 Å². The molecule has 1 heterocycles. The van der Waals surface area contributed by atoms with Crippen LogP contribution in [0.1, 0.15) is 36.0 Å². The first-order valence-corrected chi connectivity index (χ1v) is 9.76. The number of carbonyl (C=O) groups is 2. The van der Waals surface area contributed by atoms with Gasteiger partial charge < -0.3 is 10.1 Å². The van der Waals surface area contributed by atoms with Gasteiger partial charge in [0.15, 0.2) is 5.78 Å². The molecule has 0 radical (unpaired) electrons. The zero-order valence-corrected chi connectivity index (χ0v) is 15.7. The molecule has 0 aromatic heterocycles. The Morgan fingerprint density at radius 2 is 1.89 bits per heavy atom. The number of Topliss-reactive ketones (excluding diaryl/α,β-unsaturated/α-hetero) is 1. The van der Waals surface area contributed by atoms with Gasteiger partial charge in [0.05, 0.1) is 13.7 Å². The van der Waals surface area contributed by atoms with E-state index >= 15 is 0 Å². The highest BCUT2D eigenvalue weighted by Gasteiger charge is 2.29. The smallest absolute Gasteiger partial charge is 0.234 e. The number of amides is 1. The predicted octanol–water partition coefficient (Wildman–Crippen LogP) is 3.02. The first-order valence-electron chi connectivity index (χ1n) is 9.76. The number of methoxy groups -OCH3 is 1. The quantitative estimate of drug-likeness (QED) is 0.799. The molecule has 5 nitrogen and oxygen atoms in total. The van der Waals surface area contributed by atoms with Crippen molar-refractivity contribution in [3.63, 3.8) is 0 Å². The monoisotopic (exact) mass is 366 g/mol. The van der Waals surface area contributed by atoms with Gasteiger partial charge in [-0.2, -0.15) is 0 Å². The highest BCUT2D eigenvalue weighted by atomic mass is 16.5. The van der Waals surface area contributed by atoms with Crippen molar-refractivity contribution in [3.8, 4) is 5.75 Å². The van der Waals surface area contributed by atoms with Gasteiger partial charge in [-0.25, -0.2) is 0 Å². The summed E-state index contributed by atoms with van der Waals surface area (Å²) in [7, 11) is 1.65. The highest BCUT2D eigenvalue weighted by Crippen LogP contribution is 2.26. The van der Waals surface area contributed by atoms with Crippen LogP contribution in [0.25, 0.3) is 10.8 Å². The molecule has 1 saturated heterocycles. The van der Waals surface area contributed by atoms with Crippen molar-refractivity contribution in [3.05, 3.63) is 42.0 Å². The minimum atomic E-state index is -0.0387. The molecule has 2 aromatic rings. The van der Waals surface area contributed by atoms with E-state index in [-0.39, 0.29) is 17.6 Å². The van der Waals surface area contributed by atoms with Gasteiger partial charge in [0.25, 0.3) is 0 Å². The van der Waals surface area contributed by atoms with Crippen LogP contribution < -0.4 is 10.1 Å². The molecular weight excluding hydrogens is 340 g/mol. The molecule has 1 saturated carbocycles. The molecule has 27 heavy (non-hydrogen) atoms. The third-order valence-corrected chi connectivity index (χ3v) is 5.52.